The first-order chi connectivity index (χ1) is 9.80. The van der Waals surface area contributed by atoms with Crippen molar-refractivity contribution >= 4 is 9.84 Å². The highest BCUT2D eigenvalue weighted by Crippen LogP contribution is 2.31. The molecule has 6 heteroatoms. The number of likely N-dealkylation sites (N-methyl/N-ethyl adjacent to an activating group) is 1. The van der Waals surface area contributed by atoms with Crippen LogP contribution in [-0.4, -0.2) is 52.1 Å². The van der Waals surface area contributed by atoms with E-state index in [1.54, 1.807) is 7.11 Å². The topological polar surface area (TPSA) is 72.6 Å². The van der Waals surface area contributed by atoms with Crippen molar-refractivity contribution in [2.75, 3.05) is 32.7 Å². The second-order valence-electron chi connectivity index (χ2n) is 5.37. The van der Waals surface area contributed by atoms with Gasteiger partial charge in [0, 0.05) is 24.4 Å². The van der Waals surface area contributed by atoms with Gasteiger partial charge in [0.25, 0.3) is 0 Å². The van der Waals surface area contributed by atoms with E-state index in [1.807, 2.05) is 43.1 Å². The summed E-state index contributed by atoms with van der Waals surface area (Å²) in [5.74, 6) is 0.892. The fourth-order valence-corrected chi connectivity index (χ4v) is 3.00. The highest BCUT2D eigenvalue weighted by molar-refractivity contribution is 7.90. The van der Waals surface area contributed by atoms with Crippen LogP contribution in [-0.2, 0) is 9.84 Å². The van der Waals surface area contributed by atoms with Crippen molar-refractivity contribution in [3.8, 4) is 5.75 Å². The van der Waals surface area contributed by atoms with Gasteiger partial charge in [-0.2, -0.15) is 0 Å². The minimum Gasteiger partial charge on any atom is -0.496 e. The summed E-state index contributed by atoms with van der Waals surface area (Å²) in [6, 6.07) is 7.56. The summed E-state index contributed by atoms with van der Waals surface area (Å²) in [5.41, 5.74) is 7.26. The Labute approximate surface area is 128 Å². The van der Waals surface area contributed by atoms with Gasteiger partial charge in [-0.15, -0.1) is 0 Å². The van der Waals surface area contributed by atoms with E-state index in [1.165, 1.54) is 6.26 Å². The first kappa shape index (κ1) is 17.9. The average Bonchev–Trinajstić information content (AvgIpc) is 2.45. The van der Waals surface area contributed by atoms with Crippen LogP contribution in [0.25, 0.3) is 0 Å². The van der Waals surface area contributed by atoms with Crippen LogP contribution >= 0.6 is 0 Å². The molecular weight excluding hydrogens is 288 g/mol. The monoisotopic (exact) mass is 314 g/mol. The summed E-state index contributed by atoms with van der Waals surface area (Å²) in [6.07, 6.45) is 2.05. The van der Waals surface area contributed by atoms with Crippen molar-refractivity contribution < 1.29 is 13.2 Å². The van der Waals surface area contributed by atoms with E-state index in [4.69, 9.17) is 10.5 Å². The molecule has 0 aliphatic rings. The van der Waals surface area contributed by atoms with Gasteiger partial charge in [0.1, 0.15) is 15.6 Å². The van der Waals surface area contributed by atoms with Crippen molar-refractivity contribution in [1.29, 1.82) is 0 Å². The van der Waals surface area contributed by atoms with E-state index < -0.39 is 9.84 Å². The molecule has 0 fully saturated rings. The van der Waals surface area contributed by atoms with Crippen LogP contribution in [0.15, 0.2) is 24.3 Å². The third kappa shape index (κ3) is 5.30. The number of nitrogens with zero attached hydrogens (tertiary/aromatic N) is 1. The van der Waals surface area contributed by atoms with Crippen LogP contribution in [0.2, 0.25) is 0 Å². The molecule has 0 amide bonds. The van der Waals surface area contributed by atoms with Gasteiger partial charge in [0.15, 0.2) is 0 Å². The molecule has 0 aliphatic carbocycles. The summed E-state index contributed by atoms with van der Waals surface area (Å²) in [4.78, 5) is 1.99. The molecule has 5 nitrogen and oxygen atoms in total. The molecule has 1 aromatic rings. The number of sulfone groups is 1. The Hall–Kier alpha value is -1.11. The molecule has 0 heterocycles. The Morgan fingerprint density at radius 2 is 1.95 bits per heavy atom. The van der Waals surface area contributed by atoms with Crippen molar-refractivity contribution in [2.24, 2.45) is 5.73 Å². The van der Waals surface area contributed by atoms with Crippen LogP contribution in [0.5, 0.6) is 5.75 Å². The second-order valence-corrected chi connectivity index (χ2v) is 7.63. The molecule has 0 bridgehead atoms. The van der Waals surface area contributed by atoms with Crippen molar-refractivity contribution in [3.05, 3.63) is 29.8 Å². The van der Waals surface area contributed by atoms with Gasteiger partial charge in [0.2, 0.25) is 0 Å². The smallest absolute Gasteiger partial charge is 0.148 e. The first-order valence-electron chi connectivity index (χ1n) is 7.06. The van der Waals surface area contributed by atoms with Crippen molar-refractivity contribution in [3.63, 3.8) is 0 Å². The first-order valence-corrected chi connectivity index (χ1v) is 9.12. The number of hydrogen-bond donors (Lipinski definition) is 1. The van der Waals surface area contributed by atoms with Crippen LogP contribution < -0.4 is 10.5 Å². The molecule has 2 N–H and O–H groups in total. The highest BCUT2D eigenvalue weighted by Gasteiger charge is 2.26. The van der Waals surface area contributed by atoms with E-state index in [2.05, 4.69) is 0 Å². The van der Waals surface area contributed by atoms with Gasteiger partial charge < -0.3 is 10.5 Å². The standard InChI is InChI=1S/C15H26N2O3S/c1-5-13(16)15(17(2)10-11-21(4,18)19)12-8-6-7-9-14(12)20-3/h6-9,13,15H,5,10-11,16H2,1-4H3. The maximum Gasteiger partial charge on any atom is 0.148 e. The minimum atomic E-state index is -3.00. The fourth-order valence-electron chi connectivity index (χ4n) is 2.38. The zero-order valence-corrected chi connectivity index (χ0v) is 14.1. The molecule has 2 unspecified atom stereocenters. The molecule has 0 saturated carbocycles. The van der Waals surface area contributed by atoms with Crippen LogP contribution in [0.4, 0.5) is 0 Å². The number of ether oxygens (including phenoxy) is 1. The molecule has 0 saturated heterocycles. The Morgan fingerprint density at radius 1 is 1.33 bits per heavy atom. The Kier molecular flexibility index (Phi) is 6.64. The van der Waals surface area contributed by atoms with Crippen molar-refractivity contribution in [1.82, 2.24) is 4.90 Å². The van der Waals surface area contributed by atoms with Crippen LogP contribution in [0.3, 0.4) is 0 Å². The Bertz CT molecular complexity index is 546. The zero-order valence-electron chi connectivity index (χ0n) is 13.2. The zero-order chi connectivity index (χ0) is 16.0. The SMILES string of the molecule is CCC(N)C(c1ccccc1OC)N(C)CCS(C)(=O)=O. The summed E-state index contributed by atoms with van der Waals surface area (Å²) >= 11 is 0. The lowest BCUT2D eigenvalue weighted by molar-refractivity contribution is 0.215. The highest BCUT2D eigenvalue weighted by atomic mass is 32.2. The summed E-state index contributed by atoms with van der Waals surface area (Å²) in [7, 11) is 0.533. The molecule has 1 aromatic carbocycles. The molecule has 21 heavy (non-hydrogen) atoms. The van der Waals surface area contributed by atoms with E-state index >= 15 is 0 Å². The normalized spacial score (nSPS) is 15.0. The lowest BCUT2D eigenvalue weighted by atomic mass is 9.96. The van der Waals surface area contributed by atoms with Gasteiger partial charge >= 0.3 is 0 Å². The fraction of sp³-hybridized carbons (Fsp3) is 0.600. The molecule has 0 spiro atoms. The Morgan fingerprint density at radius 3 is 2.48 bits per heavy atom. The summed E-state index contributed by atoms with van der Waals surface area (Å²) in [6.45, 7) is 2.47. The van der Waals surface area contributed by atoms with E-state index in [0.29, 0.717) is 6.54 Å². The van der Waals surface area contributed by atoms with Gasteiger partial charge in [-0.1, -0.05) is 25.1 Å². The van der Waals surface area contributed by atoms with E-state index in [0.717, 1.165) is 17.7 Å². The third-order valence-corrected chi connectivity index (χ3v) is 4.55. The van der Waals surface area contributed by atoms with E-state index in [-0.39, 0.29) is 17.8 Å². The third-order valence-electron chi connectivity index (χ3n) is 3.62. The van der Waals surface area contributed by atoms with Gasteiger partial charge in [-0.3, -0.25) is 4.90 Å². The number of methoxy groups -OCH3 is 1. The predicted molar refractivity (Wildman–Crippen MR) is 86.3 cm³/mol. The molecular formula is C15H26N2O3S. The molecule has 1 rings (SSSR count). The van der Waals surface area contributed by atoms with Crippen LogP contribution in [0, 0.1) is 0 Å². The van der Waals surface area contributed by atoms with Gasteiger partial charge in [-0.25, -0.2) is 8.42 Å². The van der Waals surface area contributed by atoms with Gasteiger partial charge in [0.05, 0.1) is 18.9 Å². The summed E-state index contributed by atoms with van der Waals surface area (Å²) < 4.78 is 28.2. The molecule has 0 radical (unpaired) electrons. The van der Waals surface area contributed by atoms with E-state index in [9.17, 15) is 8.42 Å². The number of benzene rings is 1. The number of para-hydroxylation sites is 1. The second kappa shape index (κ2) is 7.77. The number of nitrogens with two attached hydrogens (primary N) is 1. The maximum absolute atomic E-state index is 11.4. The lowest BCUT2D eigenvalue weighted by Gasteiger charge is -2.33. The average molecular weight is 314 g/mol. The molecule has 0 aromatic heterocycles. The molecule has 2 atom stereocenters. The predicted octanol–water partition coefficient (Wildman–Crippen LogP) is 1.45. The van der Waals surface area contributed by atoms with Crippen molar-refractivity contribution in [2.45, 2.75) is 25.4 Å². The maximum atomic E-state index is 11.4. The molecule has 0 aliphatic heterocycles. The number of rotatable bonds is 8. The summed E-state index contributed by atoms with van der Waals surface area (Å²) in [5, 5.41) is 0. The quantitative estimate of drug-likeness (QED) is 0.786. The Balaban J connectivity index is 3.05. The lowest BCUT2D eigenvalue weighted by Crippen LogP contribution is -2.40. The van der Waals surface area contributed by atoms with Crippen LogP contribution in [0.1, 0.15) is 24.9 Å². The van der Waals surface area contributed by atoms with Gasteiger partial charge in [-0.05, 0) is 19.5 Å². The largest absolute Gasteiger partial charge is 0.496 e. The molecule has 120 valence electrons. The number of hydrogen-bond acceptors (Lipinski definition) is 5. The minimum absolute atomic E-state index is 0.0760.